The van der Waals surface area contributed by atoms with Gasteiger partial charge in [0.25, 0.3) is 0 Å². The molecule has 0 radical (unpaired) electrons. The predicted octanol–water partition coefficient (Wildman–Crippen LogP) is 4.97. The van der Waals surface area contributed by atoms with Crippen LogP contribution in [0.15, 0.2) is 47.4 Å². The van der Waals surface area contributed by atoms with Crippen LogP contribution in [0.1, 0.15) is 0 Å². The molecular weight excluding hydrogens is 419 g/mol. The first-order valence-corrected chi connectivity index (χ1v) is 8.09. The summed E-state index contributed by atoms with van der Waals surface area (Å²) in [5.41, 5.74) is 0. The first-order valence-electron chi connectivity index (χ1n) is 6.68. The highest BCUT2D eigenvalue weighted by Gasteiger charge is 2.83. The fourth-order valence-corrected chi connectivity index (χ4v) is 3.18. The number of halogens is 9. The Kier molecular flexibility index (Phi) is 4.93. The Morgan fingerprint density at radius 2 is 1.22 bits per heavy atom. The van der Waals surface area contributed by atoms with Crippen molar-refractivity contribution in [1.82, 2.24) is 0 Å². The molecule has 27 heavy (non-hydrogen) atoms. The largest absolute Gasteiger partial charge is 0.460 e. The van der Waals surface area contributed by atoms with Crippen molar-refractivity contribution in [2.24, 2.45) is 0 Å². The van der Waals surface area contributed by atoms with Crippen LogP contribution >= 0.6 is 0 Å². The normalized spacial score (nSPS) is 14.6. The van der Waals surface area contributed by atoms with E-state index >= 15 is 0 Å². The molecule has 13 heteroatoms. The molecule has 0 amide bonds. The molecule has 150 valence electrons. The van der Waals surface area contributed by atoms with E-state index in [1.54, 1.807) is 0 Å². The summed E-state index contributed by atoms with van der Waals surface area (Å²) in [6.45, 7) is 0. The number of fused-ring (bicyclic) bond motifs is 1. The molecule has 0 aliphatic rings. The van der Waals surface area contributed by atoms with Gasteiger partial charge in [0.15, 0.2) is 0 Å². The van der Waals surface area contributed by atoms with E-state index in [1.165, 1.54) is 24.3 Å². The molecule has 0 saturated heterocycles. The Labute approximate surface area is 145 Å². The summed E-state index contributed by atoms with van der Waals surface area (Å²) in [6, 6.07) is 7.95. The van der Waals surface area contributed by atoms with Gasteiger partial charge < -0.3 is 0 Å². The molecule has 0 bridgehead atoms. The Bertz CT molecular complexity index is 946. The Hall–Kier alpha value is -2.02. The van der Waals surface area contributed by atoms with Crippen molar-refractivity contribution >= 4 is 20.9 Å². The van der Waals surface area contributed by atoms with E-state index in [9.17, 15) is 47.9 Å². The van der Waals surface area contributed by atoms with Crippen LogP contribution in [-0.2, 0) is 14.3 Å². The quantitative estimate of drug-likeness (QED) is 0.501. The minimum Gasteiger partial charge on any atom is -0.194 e. The average Bonchev–Trinajstić information content (AvgIpc) is 2.51. The monoisotopic (exact) mass is 426 g/mol. The zero-order chi connectivity index (χ0) is 20.9. The second-order valence-corrected chi connectivity index (χ2v) is 6.69. The summed E-state index contributed by atoms with van der Waals surface area (Å²) in [5.74, 6) is -14.5. The second-order valence-electron chi connectivity index (χ2n) is 5.18. The van der Waals surface area contributed by atoms with Crippen molar-refractivity contribution in [3.8, 4) is 0 Å². The van der Waals surface area contributed by atoms with Crippen LogP contribution in [0.2, 0.25) is 0 Å². The second kappa shape index (κ2) is 6.26. The molecule has 3 nitrogen and oxygen atoms in total. The average molecular weight is 426 g/mol. The number of alkyl halides is 9. The standard InChI is InChI=1S/C14H7F9O3S/c15-11(16,13(19,20)21)12(17,18)14(22,23)26-27(24,25)10-7-3-5-8-4-1-2-6-9(8)10/h1-7H. The van der Waals surface area contributed by atoms with E-state index in [2.05, 4.69) is 4.18 Å². The van der Waals surface area contributed by atoms with Crippen LogP contribution in [0, 0.1) is 0 Å². The van der Waals surface area contributed by atoms with Gasteiger partial charge in [-0.2, -0.15) is 52.1 Å². The van der Waals surface area contributed by atoms with E-state index in [0.29, 0.717) is 6.07 Å². The zero-order valence-electron chi connectivity index (χ0n) is 12.6. The first-order chi connectivity index (χ1) is 12.0. The van der Waals surface area contributed by atoms with Gasteiger partial charge in [-0.05, 0) is 11.5 Å². The zero-order valence-corrected chi connectivity index (χ0v) is 13.4. The minimum absolute atomic E-state index is 0.123. The molecule has 0 atom stereocenters. The first kappa shape index (κ1) is 21.3. The van der Waals surface area contributed by atoms with E-state index in [0.717, 1.165) is 12.1 Å². The third-order valence-corrected chi connectivity index (χ3v) is 4.67. The fourth-order valence-electron chi connectivity index (χ4n) is 2.01. The minimum atomic E-state index is -7.27. The van der Waals surface area contributed by atoms with Crippen LogP contribution in [0.25, 0.3) is 10.8 Å². The Morgan fingerprint density at radius 1 is 0.704 bits per heavy atom. The molecule has 2 aromatic carbocycles. The maximum absolute atomic E-state index is 13.5. The van der Waals surface area contributed by atoms with Crippen molar-refractivity contribution < 1.29 is 52.1 Å². The van der Waals surface area contributed by atoms with Crippen molar-refractivity contribution in [3.63, 3.8) is 0 Å². The third kappa shape index (κ3) is 3.45. The topological polar surface area (TPSA) is 43.4 Å². The Balaban J connectivity index is 2.53. The molecule has 0 fully saturated rings. The van der Waals surface area contributed by atoms with Crippen LogP contribution in [-0.4, -0.2) is 32.5 Å². The summed E-state index contributed by atoms with van der Waals surface area (Å²) < 4.78 is 142. The van der Waals surface area contributed by atoms with Gasteiger partial charge in [0.05, 0.1) is 0 Å². The lowest BCUT2D eigenvalue weighted by molar-refractivity contribution is -0.428. The molecule has 0 unspecified atom stereocenters. The van der Waals surface area contributed by atoms with E-state index in [-0.39, 0.29) is 10.8 Å². The number of hydrogen-bond donors (Lipinski definition) is 0. The molecule has 0 saturated carbocycles. The van der Waals surface area contributed by atoms with Gasteiger partial charge >= 0.3 is 34.2 Å². The molecule has 0 N–H and O–H groups in total. The lowest BCUT2D eigenvalue weighted by atomic mass is 10.1. The molecule has 0 heterocycles. The van der Waals surface area contributed by atoms with Crippen LogP contribution in [0.4, 0.5) is 39.5 Å². The molecular formula is C14H7F9O3S. The van der Waals surface area contributed by atoms with Crippen molar-refractivity contribution in [2.75, 3.05) is 0 Å². The molecule has 0 aliphatic heterocycles. The summed E-state index contributed by atoms with van der Waals surface area (Å²) in [6.07, 6.45) is -13.8. The highest BCUT2D eigenvalue weighted by atomic mass is 32.2. The van der Waals surface area contributed by atoms with Gasteiger partial charge in [0.2, 0.25) is 0 Å². The van der Waals surface area contributed by atoms with E-state index in [1.807, 2.05) is 0 Å². The lowest BCUT2D eigenvalue weighted by Gasteiger charge is -2.32. The van der Waals surface area contributed by atoms with Crippen LogP contribution < -0.4 is 0 Å². The summed E-state index contributed by atoms with van der Waals surface area (Å²) >= 11 is 0. The van der Waals surface area contributed by atoms with Gasteiger partial charge in [-0.15, -0.1) is 0 Å². The molecule has 0 aliphatic carbocycles. The summed E-state index contributed by atoms with van der Waals surface area (Å²) in [5, 5.41) is -0.181. The van der Waals surface area contributed by atoms with Gasteiger partial charge in [-0.1, -0.05) is 36.4 Å². The highest BCUT2D eigenvalue weighted by Crippen LogP contribution is 2.54. The number of rotatable bonds is 5. The Morgan fingerprint density at radius 3 is 1.78 bits per heavy atom. The predicted molar refractivity (Wildman–Crippen MR) is 73.1 cm³/mol. The van der Waals surface area contributed by atoms with Crippen molar-refractivity contribution in [2.45, 2.75) is 29.0 Å². The maximum atomic E-state index is 13.5. The van der Waals surface area contributed by atoms with Crippen molar-refractivity contribution in [3.05, 3.63) is 42.5 Å². The van der Waals surface area contributed by atoms with Gasteiger partial charge in [0, 0.05) is 5.39 Å². The molecule has 2 rings (SSSR count). The van der Waals surface area contributed by atoms with E-state index in [4.69, 9.17) is 0 Å². The van der Waals surface area contributed by atoms with Crippen LogP contribution in [0.3, 0.4) is 0 Å². The van der Waals surface area contributed by atoms with E-state index < -0.39 is 39.1 Å². The SMILES string of the molecule is O=S(=O)(OC(F)(F)C(F)(F)C(F)(F)C(F)(F)F)c1cccc2ccccc12. The van der Waals surface area contributed by atoms with Crippen molar-refractivity contribution in [1.29, 1.82) is 0 Å². The van der Waals surface area contributed by atoms with Gasteiger partial charge in [-0.25, -0.2) is 0 Å². The number of hydrogen-bond acceptors (Lipinski definition) is 3. The smallest absolute Gasteiger partial charge is 0.194 e. The molecule has 0 aromatic heterocycles. The van der Waals surface area contributed by atoms with Gasteiger partial charge in [0.1, 0.15) is 4.90 Å². The third-order valence-electron chi connectivity index (χ3n) is 3.35. The number of benzene rings is 2. The molecule has 2 aromatic rings. The molecule has 0 spiro atoms. The maximum Gasteiger partial charge on any atom is 0.460 e. The summed E-state index contributed by atoms with van der Waals surface area (Å²) in [7, 11) is -5.86. The van der Waals surface area contributed by atoms with Crippen LogP contribution in [0.5, 0.6) is 0 Å². The fraction of sp³-hybridized carbons (Fsp3) is 0.286. The highest BCUT2D eigenvalue weighted by molar-refractivity contribution is 7.87. The summed E-state index contributed by atoms with van der Waals surface area (Å²) in [4.78, 5) is -1.12. The van der Waals surface area contributed by atoms with Gasteiger partial charge in [-0.3, -0.25) is 0 Å². The lowest BCUT2D eigenvalue weighted by Crippen LogP contribution is -2.62.